The molecule has 0 aliphatic heterocycles. The van der Waals surface area contributed by atoms with Crippen molar-refractivity contribution in [1.29, 1.82) is 5.26 Å². The molecule has 0 spiro atoms. The second kappa shape index (κ2) is 2.48. The third-order valence-electron chi connectivity index (χ3n) is 3.38. The molecule has 2 saturated carbocycles. The average Bonchev–Trinajstić information content (AvgIpc) is 2.59. The Morgan fingerprint density at radius 2 is 2.25 bits per heavy atom. The van der Waals surface area contributed by atoms with E-state index in [1.54, 1.807) is 0 Å². The summed E-state index contributed by atoms with van der Waals surface area (Å²) in [5, 5.41) is 17.6. The smallest absolute Gasteiger partial charge is 0.306 e. The maximum Gasteiger partial charge on any atom is 0.306 e. The van der Waals surface area contributed by atoms with E-state index in [0.29, 0.717) is 5.92 Å². The standard InChI is InChI=1S/C9H11NO2/c10-4-8-5-1-2-6(8)7(3-5)9(11)12/h5-8H,1-3H2,(H,11,12)/t5-,6-,7-,8-/m0/s1. The van der Waals surface area contributed by atoms with Crippen molar-refractivity contribution in [2.24, 2.45) is 23.7 Å². The van der Waals surface area contributed by atoms with E-state index in [-0.39, 0.29) is 17.8 Å². The highest BCUT2D eigenvalue weighted by molar-refractivity contribution is 5.71. The van der Waals surface area contributed by atoms with Crippen LogP contribution in [0.3, 0.4) is 0 Å². The van der Waals surface area contributed by atoms with Crippen molar-refractivity contribution >= 4 is 5.97 Å². The van der Waals surface area contributed by atoms with Crippen molar-refractivity contribution in [1.82, 2.24) is 0 Å². The van der Waals surface area contributed by atoms with Gasteiger partial charge >= 0.3 is 5.97 Å². The van der Waals surface area contributed by atoms with Gasteiger partial charge < -0.3 is 5.11 Å². The number of fused-ring (bicyclic) bond motifs is 2. The molecular weight excluding hydrogens is 154 g/mol. The monoisotopic (exact) mass is 165 g/mol. The number of carboxylic acid groups (broad SMARTS) is 1. The van der Waals surface area contributed by atoms with Crippen LogP contribution in [0, 0.1) is 35.0 Å². The largest absolute Gasteiger partial charge is 0.481 e. The van der Waals surface area contributed by atoms with E-state index in [4.69, 9.17) is 10.4 Å². The van der Waals surface area contributed by atoms with Crippen molar-refractivity contribution in [2.45, 2.75) is 19.3 Å². The highest BCUT2D eigenvalue weighted by atomic mass is 16.4. The van der Waals surface area contributed by atoms with E-state index in [1.165, 1.54) is 0 Å². The van der Waals surface area contributed by atoms with Gasteiger partial charge in [-0.2, -0.15) is 5.26 Å². The Kier molecular flexibility index (Phi) is 1.57. The van der Waals surface area contributed by atoms with Gasteiger partial charge in [0.2, 0.25) is 0 Å². The molecule has 64 valence electrons. The van der Waals surface area contributed by atoms with Crippen molar-refractivity contribution in [3.63, 3.8) is 0 Å². The fourth-order valence-corrected chi connectivity index (χ4v) is 2.82. The quantitative estimate of drug-likeness (QED) is 0.636. The van der Waals surface area contributed by atoms with Crippen molar-refractivity contribution in [2.75, 3.05) is 0 Å². The number of carboxylic acids is 1. The zero-order valence-corrected chi connectivity index (χ0v) is 6.73. The Morgan fingerprint density at radius 3 is 2.67 bits per heavy atom. The van der Waals surface area contributed by atoms with E-state index < -0.39 is 5.97 Å². The normalized spacial score (nSPS) is 44.2. The van der Waals surface area contributed by atoms with Crippen molar-refractivity contribution in [3.05, 3.63) is 0 Å². The first-order valence-corrected chi connectivity index (χ1v) is 4.36. The molecule has 2 rings (SSSR count). The Hall–Kier alpha value is -1.04. The molecule has 0 aromatic carbocycles. The number of hydrogen-bond donors (Lipinski definition) is 1. The second-order valence-corrected chi connectivity index (χ2v) is 3.84. The molecule has 2 aliphatic carbocycles. The van der Waals surface area contributed by atoms with Gasteiger partial charge in [-0.25, -0.2) is 0 Å². The van der Waals surface area contributed by atoms with Gasteiger partial charge in [-0.15, -0.1) is 0 Å². The molecular formula is C9H11NO2. The van der Waals surface area contributed by atoms with Gasteiger partial charge in [0, 0.05) is 0 Å². The molecule has 0 radical (unpaired) electrons. The van der Waals surface area contributed by atoms with Gasteiger partial charge in [0.15, 0.2) is 0 Å². The van der Waals surface area contributed by atoms with Crippen LogP contribution in [0.1, 0.15) is 19.3 Å². The maximum atomic E-state index is 10.7. The first-order chi connectivity index (χ1) is 5.74. The van der Waals surface area contributed by atoms with Gasteiger partial charge in [0.1, 0.15) is 0 Å². The summed E-state index contributed by atoms with van der Waals surface area (Å²) in [6, 6.07) is 2.25. The molecule has 0 saturated heterocycles. The predicted octanol–water partition coefficient (Wildman–Crippen LogP) is 1.26. The third kappa shape index (κ3) is 0.842. The minimum atomic E-state index is -0.706. The van der Waals surface area contributed by atoms with Gasteiger partial charge in [-0.05, 0) is 31.1 Å². The molecule has 1 N–H and O–H groups in total. The molecule has 2 bridgehead atoms. The van der Waals surface area contributed by atoms with Crippen molar-refractivity contribution in [3.8, 4) is 6.07 Å². The summed E-state index contributed by atoms with van der Waals surface area (Å²) in [7, 11) is 0. The van der Waals surface area contributed by atoms with Gasteiger partial charge in [0.05, 0.1) is 17.9 Å². The number of hydrogen-bond acceptors (Lipinski definition) is 2. The van der Waals surface area contributed by atoms with E-state index in [2.05, 4.69) is 6.07 Å². The molecule has 0 unspecified atom stereocenters. The van der Waals surface area contributed by atoms with Crippen LogP contribution in [0.5, 0.6) is 0 Å². The number of aliphatic carboxylic acids is 1. The lowest BCUT2D eigenvalue weighted by atomic mass is 9.88. The maximum absolute atomic E-state index is 10.7. The van der Waals surface area contributed by atoms with Crippen LogP contribution < -0.4 is 0 Å². The lowest BCUT2D eigenvalue weighted by molar-refractivity contribution is -0.143. The van der Waals surface area contributed by atoms with Crippen LogP contribution >= 0.6 is 0 Å². The first-order valence-electron chi connectivity index (χ1n) is 4.36. The summed E-state index contributed by atoms with van der Waals surface area (Å²) in [6.07, 6.45) is 2.74. The lowest BCUT2D eigenvalue weighted by Gasteiger charge is -2.16. The molecule has 4 atom stereocenters. The van der Waals surface area contributed by atoms with Crippen LogP contribution in [0.2, 0.25) is 0 Å². The van der Waals surface area contributed by atoms with Crippen LogP contribution in [0.4, 0.5) is 0 Å². The Bertz CT molecular complexity index is 256. The molecule has 0 aromatic rings. The van der Waals surface area contributed by atoms with Crippen LogP contribution in [0.15, 0.2) is 0 Å². The SMILES string of the molecule is N#C[C@H]1[C@H]2CC[C@H]1[C@@H](C(=O)O)C2. The van der Waals surface area contributed by atoms with Gasteiger partial charge in [-0.1, -0.05) is 0 Å². The zero-order chi connectivity index (χ0) is 8.72. The fourth-order valence-electron chi connectivity index (χ4n) is 2.82. The summed E-state index contributed by atoms with van der Waals surface area (Å²) >= 11 is 0. The van der Waals surface area contributed by atoms with E-state index in [0.717, 1.165) is 19.3 Å². The lowest BCUT2D eigenvalue weighted by Crippen LogP contribution is -2.21. The van der Waals surface area contributed by atoms with E-state index in [9.17, 15) is 4.79 Å². The van der Waals surface area contributed by atoms with Gasteiger partial charge in [-0.3, -0.25) is 4.79 Å². The van der Waals surface area contributed by atoms with E-state index in [1.807, 2.05) is 0 Å². The first kappa shape index (κ1) is 7.60. The minimum absolute atomic E-state index is 0.0334. The topological polar surface area (TPSA) is 61.1 Å². The Balaban J connectivity index is 2.19. The second-order valence-electron chi connectivity index (χ2n) is 3.84. The highest BCUT2D eigenvalue weighted by Gasteiger charge is 2.50. The summed E-state index contributed by atoms with van der Waals surface area (Å²) in [4.78, 5) is 10.7. The number of nitriles is 1. The highest BCUT2D eigenvalue weighted by Crippen LogP contribution is 2.52. The molecule has 2 aliphatic rings. The summed E-state index contributed by atoms with van der Waals surface area (Å²) in [5.41, 5.74) is 0. The summed E-state index contributed by atoms with van der Waals surface area (Å²) < 4.78 is 0. The predicted molar refractivity (Wildman–Crippen MR) is 41.1 cm³/mol. The molecule has 3 nitrogen and oxygen atoms in total. The molecule has 0 aromatic heterocycles. The average molecular weight is 165 g/mol. The summed E-state index contributed by atoms with van der Waals surface area (Å²) in [5.74, 6) is -0.374. The summed E-state index contributed by atoms with van der Waals surface area (Å²) in [6.45, 7) is 0. The Labute approximate surface area is 71.0 Å². The van der Waals surface area contributed by atoms with Crippen molar-refractivity contribution < 1.29 is 9.90 Å². The van der Waals surface area contributed by atoms with Gasteiger partial charge in [0.25, 0.3) is 0 Å². The minimum Gasteiger partial charge on any atom is -0.481 e. The third-order valence-corrected chi connectivity index (χ3v) is 3.38. The molecule has 0 heterocycles. The molecule has 12 heavy (non-hydrogen) atoms. The van der Waals surface area contributed by atoms with Crippen LogP contribution in [0.25, 0.3) is 0 Å². The molecule has 2 fully saturated rings. The number of rotatable bonds is 1. The Morgan fingerprint density at radius 1 is 1.50 bits per heavy atom. The zero-order valence-electron chi connectivity index (χ0n) is 6.73. The van der Waals surface area contributed by atoms with Crippen LogP contribution in [-0.4, -0.2) is 11.1 Å². The number of carbonyl (C=O) groups is 1. The molecule has 0 amide bonds. The number of nitrogens with zero attached hydrogens (tertiary/aromatic N) is 1. The van der Waals surface area contributed by atoms with Crippen LogP contribution in [-0.2, 0) is 4.79 Å². The fraction of sp³-hybridized carbons (Fsp3) is 0.778. The molecule has 3 heteroatoms. The van der Waals surface area contributed by atoms with E-state index >= 15 is 0 Å².